The minimum Gasteiger partial charge on any atom is -0.462 e. The molecule has 12 nitrogen and oxygen atoms in total. The van der Waals surface area contributed by atoms with Crippen molar-refractivity contribution >= 4 is 51.0 Å². The Labute approximate surface area is 236 Å². The molecule has 0 saturated heterocycles. The topological polar surface area (TPSA) is 169 Å². The first-order valence-electron chi connectivity index (χ1n) is 11.9. The number of carbonyl (C=O) groups is 2. The molecule has 5 rings (SSSR count). The van der Waals surface area contributed by atoms with E-state index in [2.05, 4.69) is 34.9 Å². The van der Waals surface area contributed by atoms with Gasteiger partial charge in [0, 0.05) is 28.4 Å². The molecule has 0 amide bonds. The Kier molecular flexibility index (Phi) is 9.67. The van der Waals surface area contributed by atoms with Crippen LogP contribution in [0, 0.1) is 0 Å². The van der Waals surface area contributed by atoms with Crippen LogP contribution in [0.5, 0.6) is 0 Å². The molecule has 0 radical (unpaired) electrons. The number of carbonyl (C=O) groups excluding carboxylic acids is 2. The van der Waals surface area contributed by atoms with Gasteiger partial charge in [0.25, 0.3) is 0 Å². The van der Waals surface area contributed by atoms with Crippen LogP contribution < -0.4 is 0 Å². The van der Waals surface area contributed by atoms with Crippen molar-refractivity contribution in [3.05, 3.63) is 87.8 Å². The molecule has 0 spiro atoms. The highest BCUT2D eigenvalue weighted by Crippen LogP contribution is 2.29. The van der Waals surface area contributed by atoms with Crippen LogP contribution in [-0.4, -0.2) is 50.1 Å². The van der Waals surface area contributed by atoms with Gasteiger partial charge in [0.05, 0.1) is 29.3 Å². The van der Waals surface area contributed by atoms with Crippen LogP contribution in [0.4, 0.5) is 0 Å². The van der Waals surface area contributed by atoms with Crippen molar-refractivity contribution in [2.45, 2.75) is 13.8 Å². The molecule has 5 aromatic heterocycles. The van der Waals surface area contributed by atoms with Gasteiger partial charge in [0.1, 0.15) is 27.1 Å². The predicted molar refractivity (Wildman–Crippen MR) is 152 cm³/mol. The third kappa shape index (κ3) is 7.14. The summed E-state index contributed by atoms with van der Waals surface area (Å²) in [6.07, 6.45) is 6.44. The van der Waals surface area contributed by atoms with Crippen molar-refractivity contribution in [1.82, 2.24) is 24.9 Å². The van der Waals surface area contributed by atoms with E-state index < -0.39 is 5.97 Å². The number of pyridine rings is 2. The van der Waals surface area contributed by atoms with Crippen LogP contribution in [0.15, 0.2) is 71.9 Å². The second-order valence-corrected chi connectivity index (χ2v) is 9.67. The van der Waals surface area contributed by atoms with E-state index in [-0.39, 0.29) is 18.3 Å². The van der Waals surface area contributed by atoms with Crippen molar-refractivity contribution in [3.8, 4) is 21.4 Å². The van der Waals surface area contributed by atoms with Gasteiger partial charge in [-0.15, -0.1) is 22.7 Å². The standard InChI is InChI=1S/C13H11N5O2S.C13H11N3O2S/c1-2-20-13(19)11(17-18-14)7-9-8-16-12(21-9)10-5-3-4-6-15-10;1-2-18-13(17)9-7-10-11(15-9)16-12(19-10)8-5-3-4-6-14-8/h3-8H,2H2,1H3;3-7,15H,2H2,1H3/b11-7-;. The highest BCUT2D eigenvalue weighted by molar-refractivity contribution is 7.21. The minimum atomic E-state index is -0.664. The maximum Gasteiger partial charge on any atom is 0.354 e. The molecule has 0 aromatic carbocycles. The minimum absolute atomic E-state index is 0.101. The Morgan fingerprint density at radius 2 is 1.70 bits per heavy atom. The van der Waals surface area contributed by atoms with E-state index in [4.69, 9.17) is 15.0 Å². The molecule has 0 unspecified atom stereocenters. The molecule has 40 heavy (non-hydrogen) atoms. The number of azide groups is 1. The van der Waals surface area contributed by atoms with E-state index in [1.165, 1.54) is 28.7 Å². The molecule has 0 bridgehead atoms. The maximum absolute atomic E-state index is 11.6. The number of nitrogens with one attached hydrogen (secondary N) is 1. The molecule has 0 saturated carbocycles. The Balaban J connectivity index is 0.000000186. The Morgan fingerprint density at radius 3 is 2.30 bits per heavy atom. The number of ether oxygens (including phenoxy) is 2. The molecule has 1 N–H and O–H groups in total. The number of thiazole rings is 2. The third-order valence-corrected chi connectivity index (χ3v) is 6.88. The summed E-state index contributed by atoms with van der Waals surface area (Å²) in [4.78, 5) is 46.6. The Bertz CT molecular complexity index is 1640. The number of aromatic amines is 1. The van der Waals surface area contributed by atoms with Crippen LogP contribution in [0.1, 0.15) is 29.2 Å². The highest BCUT2D eigenvalue weighted by Gasteiger charge is 2.15. The van der Waals surface area contributed by atoms with Crippen LogP contribution in [-0.2, 0) is 14.3 Å². The number of nitrogens with zero attached hydrogens (tertiary/aromatic N) is 7. The highest BCUT2D eigenvalue weighted by atomic mass is 32.1. The van der Waals surface area contributed by atoms with Crippen LogP contribution in [0.3, 0.4) is 0 Å². The molecule has 5 aromatic rings. The largest absolute Gasteiger partial charge is 0.462 e. The monoisotopic (exact) mass is 574 g/mol. The molecule has 202 valence electrons. The first kappa shape index (κ1) is 28.1. The lowest BCUT2D eigenvalue weighted by Crippen LogP contribution is -2.05. The second-order valence-electron chi connectivity index (χ2n) is 7.57. The quantitative estimate of drug-likeness (QED) is 0.0742. The molecular weight excluding hydrogens is 552 g/mol. The molecule has 0 aliphatic heterocycles. The van der Waals surface area contributed by atoms with Crippen LogP contribution in [0.2, 0.25) is 0 Å². The van der Waals surface area contributed by atoms with Gasteiger partial charge in [0.15, 0.2) is 0 Å². The number of hydrogen-bond acceptors (Lipinski definition) is 11. The SMILES string of the molecule is CCOC(=O)/C(=C/c1cnc(-c2ccccn2)s1)N=[N+]=[N-].CCOC(=O)c1cc2sc(-c3ccccn3)nc2[nH]1. The van der Waals surface area contributed by atoms with Crippen molar-refractivity contribution in [3.63, 3.8) is 0 Å². The van der Waals surface area contributed by atoms with Gasteiger partial charge in [-0.2, -0.15) is 0 Å². The van der Waals surface area contributed by atoms with Crippen molar-refractivity contribution in [2.75, 3.05) is 13.2 Å². The van der Waals surface area contributed by atoms with E-state index in [1.54, 1.807) is 38.5 Å². The van der Waals surface area contributed by atoms with E-state index in [0.717, 1.165) is 21.1 Å². The number of H-pyrrole nitrogens is 1. The van der Waals surface area contributed by atoms with Gasteiger partial charge in [-0.1, -0.05) is 17.2 Å². The fourth-order valence-corrected chi connectivity index (χ4v) is 4.98. The molecule has 0 aliphatic rings. The lowest BCUT2D eigenvalue weighted by Gasteiger charge is -1.99. The summed E-state index contributed by atoms with van der Waals surface area (Å²) in [6, 6.07) is 13.0. The fourth-order valence-electron chi connectivity index (χ4n) is 3.21. The third-order valence-electron chi connectivity index (χ3n) is 4.88. The van der Waals surface area contributed by atoms with Crippen molar-refractivity contribution in [2.24, 2.45) is 5.11 Å². The number of fused-ring (bicyclic) bond motifs is 1. The zero-order valence-corrected chi connectivity index (χ0v) is 23.0. The fraction of sp³-hybridized carbons (Fsp3) is 0.154. The summed E-state index contributed by atoms with van der Waals surface area (Å²) in [7, 11) is 0. The van der Waals surface area contributed by atoms with Gasteiger partial charge in [0.2, 0.25) is 0 Å². The van der Waals surface area contributed by atoms with Crippen LogP contribution >= 0.6 is 22.7 Å². The first-order chi connectivity index (χ1) is 19.5. The summed E-state index contributed by atoms with van der Waals surface area (Å²) in [6.45, 7) is 4.02. The molecular formula is C26H22N8O4S2. The van der Waals surface area contributed by atoms with Gasteiger partial charge in [-0.3, -0.25) is 9.97 Å². The van der Waals surface area contributed by atoms with E-state index in [1.807, 2.05) is 36.4 Å². The zero-order valence-electron chi connectivity index (χ0n) is 21.3. The van der Waals surface area contributed by atoms with E-state index in [9.17, 15) is 9.59 Å². The lowest BCUT2D eigenvalue weighted by molar-refractivity contribution is -0.138. The first-order valence-corrected chi connectivity index (χ1v) is 13.5. The molecule has 14 heteroatoms. The summed E-state index contributed by atoms with van der Waals surface area (Å²) >= 11 is 2.83. The summed E-state index contributed by atoms with van der Waals surface area (Å²) in [5.74, 6) is -1.02. The van der Waals surface area contributed by atoms with Gasteiger partial charge < -0.3 is 14.5 Å². The molecule has 0 atom stereocenters. The smallest absolute Gasteiger partial charge is 0.354 e. The van der Waals surface area contributed by atoms with Gasteiger partial charge in [-0.05, 0) is 55.8 Å². The van der Waals surface area contributed by atoms with E-state index in [0.29, 0.717) is 27.8 Å². The predicted octanol–water partition coefficient (Wildman–Crippen LogP) is 6.28. The lowest BCUT2D eigenvalue weighted by atomic mass is 10.3. The summed E-state index contributed by atoms with van der Waals surface area (Å²) in [5, 5.41) is 4.90. The van der Waals surface area contributed by atoms with Gasteiger partial charge >= 0.3 is 11.9 Å². The maximum atomic E-state index is 11.6. The average molecular weight is 575 g/mol. The normalized spacial score (nSPS) is 10.8. The Hall–Kier alpha value is -4.91. The number of esters is 2. The zero-order chi connectivity index (χ0) is 28.3. The van der Waals surface area contributed by atoms with Gasteiger partial charge in [-0.25, -0.2) is 19.6 Å². The average Bonchev–Trinajstić information content (AvgIpc) is 3.70. The van der Waals surface area contributed by atoms with E-state index >= 15 is 0 Å². The number of rotatable bonds is 8. The molecule has 5 heterocycles. The van der Waals surface area contributed by atoms with Crippen molar-refractivity contribution < 1.29 is 19.1 Å². The number of aromatic nitrogens is 5. The molecule has 0 aliphatic carbocycles. The summed E-state index contributed by atoms with van der Waals surface area (Å²) < 4.78 is 10.7. The number of hydrogen-bond donors (Lipinski definition) is 1. The van der Waals surface area contributed by atoms with Crippen molar-refractivity contribution in [1.29, 1.82) is 0 Å². The van der Waals surface area contributed by atoms with Crippen LogP contribution in [0.25, 0.3) is 48.3 Å². The summed E-state index contributed by atoms with van der Waals surface area (Å²) in [5.41, 5.74) is 11.1. The second kappa shape index (κ2) is 13.8. The molecule has 0 fully saturated rings. The Morgan fingerprint density at radius 1 is 1.00 bits per heavy atom.